The first-order valence-electron chi connectivity index (χ1n) is 4.71. The quantitative estimate of drug-likeness (QED) is 0.854. The van der Waals surface area contributed by atoms with Gasteiger partial charge in [0.1, 0.15) is 4.60 Å². The first-order chi connectivity index (χ1) is 6.66. The van der Waals surface area contributed by atoms with E-state index >= 15 is 0 Å². The second-order valence-corrected chi connectivity index (χ2v) is 5.38. The van der Waals surface area contributed by atoms with Gasteiger partial charge >= 0.3 is 0 Å². The van der Waals surface area contributed by atoms with Gasteiger partial charge in [-0.05, 0) is 28.3 Å². The first kappa shape index (κ1) is 10.4. The zero-order chi connectivity index (χ0) is 10.1. The molecule has 1 aliphatic heterocycles. The number of hydrogen-bond acceptors (Lipinski definition) is 4. The summed E-state index contributed by atoms with van der Waals surface area (Å²) in [6, 6.07) is 0. The third-order valence-corrected chi connectivity index (χ3v) is 4.21. The van der Waals surface area contributed by atoms with Gasteiger partial charge in [-0.15, -0.1) is 11.3 Å². The lowest BCUT2D eigenvalue weighted by atomic mass is 9.97. The molecule has 0 spiro atoms. The van der Waals surface area contributed by atoms with Gasteiger partial charge in [-0.3, -0.25) is 0 Å². The van der Waals surface area contributed by atoms with Gasteiger partial charge in [-0.25, -0.2) is 4.98 Å². The van der Waals surface area contributed by atoms with Crippen molar-refractivity contribution in [3.05, 3.63) is 9.98 Å². The molecule has 2 heterocycles. The molecule has 0 bridgehead atoms. The molecule has 2 rings (SSSR count). The Kier molecular flexibility index (Phi) is 3.09. The highest BCUT2D eigenvalue weighted by Crippen LogP contribution is 2.27. The first-order valence-corrected chi connectivity index (χ1v) is 6.38. The molecule has 1 aliphatic rings. The fourth-order valence-electron chi connectivity index (χ4n) is 1.70. The molecule has 1 N–H and O–H groups in total. The maximum Gasteiger partial charge on any atom is 0.186 e. The van der Waals surface area contributed by atoms with Crippen LogP contribution in [0, 0.1) is 5.92 Å². The van der Waals surface area contributed by atoms with Gasteiger partial charge in [0.25, 0.3) is 0 Å². The van der Waals surface area contributed by atoms with E-state index in [9.17, 15) is 5.11 Å². The SMILES string of the molecule is CC1CN(c2nc(Br)cs2)CCC1O. The van der Waals surface area contributed by atoms with E-state index in [2.05, 4.69) is 32.7 Å². The number of nitrogens with zero attached hydrogens (tertiary/aromatic N) is 2. The van der Waals surface area contributed by atoms with Crippen LogP contribution in [-0.2, 0) is 0 Å². The summed E-state index contributed by atoms with van der Waals surface area (Å²) in [5.41, 5.74) is 0. The van der Waals surface area contributed by atoms with E-state index in [1.165, 1.54) is 0 Å². The van der Waals surface area contributed by atoms with E-state index in [0.717, 1.165) is 29.2 Å². The number of hydrogen-bond donors (Lipinski definition) is 1. The standard InChI is InChI=1S/C9H13BrN2OS/c1-6-4-12(3-2-7(6)13)9-11-8(10)5-14-9/h5-7,13H,2-4H2,1H3. The number of aliphatic hydroxyl groups excluding tert-OH is 1. The van der Waals surface area contributed by atoms with Crippen LogP contribution in [0.15, 0.2) is 9.98 Å². The van der Waals surface area contributed by atoms with Crippen molar-refractivity contribution in [1.82, 2.24) is 4.98 Å². The zero-order valence-corrected chi connectivity index (χ0v) is 10.4. The fourth-order valence-corrected chi connectivity index (χ4v) is 2.98. The number of aliphatic hydroxyl groups is 1. The van der Waals surface area contributed by atoms with E-state index in [1.54, 1.807) is 11.3 Å². The molecule has 1 aromatic heterocycles. The maximum absolute atomic E-state index is 9.59. The van der Waals surface area contributed by atoms with Crippen molar-refractivity contribution in [1.29, 1.82) is 0 Å². The Labute approximate surface area is 95.9 Å². The van der Waals surface area contributed by atoms with E-state index < -0.39 is 0 Å². The molecule has 5 heteroatoms. The summed E-state index contributed by atoms with van der Waals surface area (Å²) in [5.74, 6) is 0.339. The molecule has 0 radical (unpaired) electrons. The van der Waals surface area contributed by atoms with Crippen LogP contribution in [0.4, 0.5) is 5.13 Å². The van der Waals surface area contributed by atoms with E-state index in [1.807, 2.05) is 5.38 Å². The van der Waals surface area contributed by atoms with Crippen molar-refractivity contribution in [3.63, 3.8) is 0 Å². The number of thiazole rings is 1. The summed E-state index contributed by atoms with van der Waals surface area (Å²) in [6.45, 7) is 3.89. The van der Waals surface area contributed by atoms with Crippen LogP contribution in [0.25, 0.3) is 0 Å². The lowest BCUT2D eigenvalue weighted by Gasteiger charge is -2.34. The van der Waals surface area contributed by atoms with Gasteiger partial charge in [0.05, 0.1) is 6.10 Å². The Balaban J connectivity index is 2.06. The van der Waals surface area contributed by atoms with Gasteiger partial charge in [0.15, 0.2) is 5.13 Å². The molecule has 14 heavy (non-hydrogen) atoms. The van der Waals surface area contributed by atoms with Crippen molar-refractivity contribution >= 4 is 32.4 Å². The number of piperidine rings is 1. The molecule has 3 nitrogen and oxygen atoms in total. The Hall–Kier alpha value is -0.130. The topological polar surface area (TPSA) is 36.4 Å². The van der Waals surface area contributed by atoms with Crippen LogP contribution in [0.2, 0.25) is 0 Å². The molecule has 2 atom stereocenters. The van der Waals surface area contributed by atoms with Crippen LogP contribution in [0.1, 0.15) is 13.3 Å². The molecule has 1 saturated heterocycles. The molecular formula is C9H13BrN2OS. The lowest BCUT2D eigenvalue weighted by molar-refractivity contribution is 0.0971. The molecule has 0 saturated carbocycles. The molecule has 78 valence electrons. The number of aromatic nitrogens is 1. The zero-order valence-electron chi connectivity index (χ0n) is 7.98. The summed E-state index contributed by atoms with van der Waals surface area (Å²) in [5, 5.41) is 12.6. The van der Waals surface area contributed by atoms with E-state index in [4.69, 9.17) is 0 Å². The largest absolute Gasteiger partial charge is 0.393 e. The van der Waals surface area contributed by atoms with Crippen LogP contribution < -0.4 is 4.90 Å². The van der Waals surface area contributed by atoms with Crippen LogP contribution >= 0.6 is 27.3 Å². The Morgan fingerprint density at radius 1 is 1.71 bits per heavy atom. The van der Waals surface area contributed by atoms with Crippen LogP contribution in [0.3, 0.4) is 0 Å². The summed E-state index contributed by atoms with van der Waals surface area (Å²) in [6.07, 6.45) is 0.702. The Morgan fingerprint density at radius 3 is 3.07 bits per heavy atom. The summed E-state index contributed by atoms with van der Waals surface area (Å²) in [7, 11) is 0. The Bertz CT molecular complexity index is 318. The predicted molar refractivity (Wildman–Crippen MR) is 61.8 cm³/mol. The molecule has 0 aromatic carbocycles. The summed E-state index contributed by atoms with van der Waals surface area (Å²) in [4.78, 5) is 6.62. The molecular weight excluding hydrogens is 264 g/mol. The van der Waals surface area contributed by atoms with Gasteiger partial charge in [0, 0.05) is 18.5 Å². The van der Waals surface area contributed by atoms with E-state index in [0.29, 0.717) is 5.92 Å². The van der Waals surface area contributed by atoms with Crippen LogP contribution in [-0.4, -0.2) is 29.3 Å². The van der Waals surface area contributed by atoms with Crippen molar-refractivity contribution in [2.24, 2.45) is 5.92 Å². The smallest absolute Gasteiger partial charge is 0.186 e. The second kappa shape index (κ2) is 4.16. The third-order valence-electron chi connectivity index (χ3n) is 2.59. The lowest BCUT2D eigenvalue weighted by Crippen LogP contribution is -2.41. The van der Waals surface area contributed by atoms with Gasteiger partial charge < -0.3 is 10.0 Å². The average molecular weight is 277 g/mol. The van der Waals surface area contributed by atoms with Gasteiger partial charge in [-0.2, -0.15) is 0 Å². The highest BCUT2D eigenvalue weighted by Gasteiger charge is 2.25. The minimum absolute atomic E-state index is 0.144. The van der Waals surface area contributed by atoms with Crippen LogP contribution in [0.5, 0.6) is 0 Å². The third kappa shape index (κ3) is 2.10. The normalized spacial score (nSPS) is 28.1. The van der Waals surface area contributed by atoms with Crippen molar-refractivity contribution < 1.29 is 5.11 Å². The number of halogens is 1. The minimum atomic E-state index is -0.144. The second-order valence-electron chi connectivity index (χ2n) is 3.73. The van der Waals surface area contributed by atoms with Gasteiger partial charge in [0.2, 0.25) is 0 Å². The average Bonchev–Trinajstić information content (AvgIpc) is 2.57. The van der Waals surface area contributed by atoms with Crippen molar-refractivity contribution in [3.8, 4) is 0 Å². The molecule has 0 amide bonds. The molecule has 0 aliphatic carbocycles. The fraction of sp³-hybridized carbons (Fsp3) is 0.667. The molecule has 1 fully saturated rings. The molecule has 1 aromatic rings. The van der Waals surface area contributed by atoms with Crippen molar-refractivity contribution in [2.75, 3.05) is 18.0 Å². The monoisotopic (exact) mass is 276 g/mol. The highest BCUT2D eigenvalue weighted by atomic mass is 79.9. The Morgan fingerprint density at radius 2 is 2.50 bits per heavy atom. The number of rotatable bonds is 1. The van der Waals surface area contributed by atoms with Crippen molar-refractivity contribution in [2.45, 2.75) is 19.4 Å². The molecule has 2 unspecified atom stereocenters. The predicted octanol–water partition coefficient (Wildman–Crippen LogP) is 2.11. The van der Waals surface area contributed by atoms with Gasteiger partial charge in [-0.1, -0.05) is 6.92 Å². The maximum atomic E-state index is 9.59. The summed E-state index contributed by atoms with van der Waals surface area (Å²) >= 11 is 4.99. The minimum Gasteiger partial charge on any atom is -0.393 e. The highest BCUT2D eigenvalue weighted by molar-refractivity contribution is 9.10. The number of anilines is 1. The summed E-state index contributed by atoms with van der Waals surface area (Å²) < 4.78 is 0.899. The van der Waals surface area contributed by atoms with E-state index in [-0.39, 0.29) is 6.10 Å².